The van der Waals surface area contributed by atoms with Crippen LogP contribution in [-0.2, 0) is 4.74 Å². The summed E-state index contributed by atoms with van der Waals surface area (Å²) < 4.78 is 22.3. The van der Waals surface area contributed by atoms with Gasteiger partial charge in [0.1, 0.15) is 0 Å². The number of hydrogen-bond acceptors (Lipinski definition) is 12. The minimum atomic E-state index is 0.209. The van der Waals surface area contributed by atoms with Crippen molar-refractivity contribution in [3.63, 3.8) is 0 Å². The van der Waals surface area contributed by atoms with E-state index in [2.05, 4.69) is 25.9 Å². The van der Waals surface area contributed by atoms with Gasteiger partial charge in [-0.1, -0.05) is 41.9 Å². The van der Waals surface area contributed by atoms with E-state index in [4.69, 9.17) is 57.7 Å². The summed E-state index contributed by atoms with van der Waals surface area (Å²) in [7, 11) is 4.68. The normalized spacial score (nSPS) is 12.6. The number of para-hydroxylation sites is 1. The van der Waals surface area contributed by atoms with Crippen molar-refractivity contribution in [2.75, 3.05) is 68.5 Å². The van der Waals surface area contributed by atoms with Gasteiger partial charge in [-0.15, -0.1) is 0 Å². The SMILES string of the molecule is COc1cc(-c2cc(-c3ccc(Cl)cc3)nc(Nc3nc(NC(=S)Nc4ccccc4)nc(N4CCOCC4)n3)n2)cc(OC)c1OC. The van der Waals surface area contributed by atoms with Crippen molar-refractivity contribution in [2.24, 2.45) is 0 Å². The van der Waals surface area contributed by atoms with Gasteiger partial charge in [0, 0.05) is 34.9 Å². The molecule has 48 heavy (non-hydrogen) atoms. The molecule has 246 valence electrons. The molecule has 3 N–H and O–H groups in total. The lowest BCUT2D eigenvalue weighted by Gasteiger charge is -2.27. The number of aromatic nitrogens is 5. The molecule has 6 rings (SSSR count). The summed E-state index contributed by atoms with van der Waals surface area (Å²) in [4.78, 5) is 25.7. The molecule has 0 saturated carbocycles. The van der Waals surface area contributed by atoms with Gasteiger partial charge in [-0.2, -0.15) is 15.0 Å². The van der Waals surface area contributed by atoms with Gasteiger partial charge in [-0.3, -0.25) is 5.32 Å². The Morgan fingerprint density at radius 1 is 0.729 bits per heavy atom. The summed E-state index contributed by atoms with van der Waals surface area (Å²) in [5, 5.41) is 10.3. The number of nitrogens with one attached hydrogen (secondary N) is 3. The molecule has 1 aliphatic rings. The van der Waals surface area contributed by atoms with Gasteiger partial charge in [0.05, 0.1) is 45.9 Å². The summed E-state index contributed by atoms with van der Waals surface area (Å²) in [5.41, 5.74) is 3.55. The molecule has 2 aromatic heterocycles. The number of ether oxygens (including phenoxy) is 4. The molecular formula is C33H32ClN9O4S. The number of rotatable bonds is 10. The van der Waals surface area contributed by atoms with Crippen molar-refractivity contribution in [2.45, 2.75) is 0 Å². The Bertz CT molecular complexity index is 1870. The third-order valence-electron chi connectivity index (χ3n) is 7.22. The molecule has 1 aliphatic heterocycles. The number of nitrogens with zero attached hydrogens (tertiary/aromatic N) is 6. The summed E-state index contributed by atoms with van der Waals surface area (Å²) in [6.45, 7) is 2.33. The molecular weight excluding hydrogens is 654 g/mol. The van der Waals surface area contributed by atoms with Crippen molar-refractivity contribution in [3.8, 4) is 39.8 Å². The van der Waals surface area contributed by atoms with Gasteiger partial charge in [0.15, 0.2) is 16.6 Å². The number of thiocarbonyl (C=S) groups is 1. The number of hydrogen-bond donors (Lipinski definition) is 3. The maximum Gasteiger partial charge on any atom is 0.236 e. The molecule has 0 unspecified atom stereocenters. The fraction of sp³-hybridized carbons (Fsp3) is 0.212. The molecule has 0 bridgehead atoms. The molecule has 0 atom stereocenters. The fourth-order valence-electron chi connectivity index (χ4n) is 4.92. The highest BCUT2D eigenvalue weighted by atomic mass is 35.5. The van der Waals surface area contributed by atoms with Crippen LogP contribution in [0, 0.1) is 0 Å². The van der Waals surface area contributed by atoms with Crippen molar-refractivity contribution in [3.05, 3.63) is 77.8 Å². The average Bonchev–Trinajstić information content (AvgIpc) is 3.11. The van der Waals surface area contributed by atoms with Crippen LogP contribution in [0.1, 0.15) is 0 Å². The molecule has 1 fully saturated rings. The molecule has 0 spiro atoms. The van der Waals surface area contributed by atoms with Gasteiger partial charge in [0.25, 0.3) is 0 Å². The van der Waals surface area contributed by atoms with Crippen LogP contribution in [0.4, 0.5) is 29.5 Å². The molecule has 13 nitrogen and oxygen atoms in total. The number of morpholine rings is 1. The van der Waals surface area contributed by atoms with Gasteiger partial charge in [0.2, 0.25) is 29.5 Å². The minimum absolute atomic E-state index is 0.209. The monoisotopic (exact) mass is 685 g/mol. The van der Waals surface area contributed by atoms with Crippen LogP contribution in [0.2, 0.25) is 5.02 Å². The minimum Gasteiger partial charge on any atom is -0.493 e. The summed E-state index contributed by atoms with van der Waals surface area (Å²) in [5.74, 6) is 2.56. The Morgan fingerprint density at radius 3 is 2.00 bits per heavy atom. The van der Waals surface area contributed by atoms with Crippen molar-refractivity contribution < 1.29 is 18.9 Å². The standard InChI is InChI=1S/C33H32ClN9O4S/c1-44-26-17-21(18-27(45-2)28(26)46-3)25-19-24(20-9-11-22(34)12-10-20)36-29(37-25)38-30-39-31(41-32(40-30)43-13-15-47-16-14-43)42-33(48)35-23-7-5-4-6-8-23/h4-12,17-19H,13-16H2,1-3H3,(H3,35,36,37,38,39,40,41,42,48). The van der Waals surface area contributed by atoms with E-state index in [0.29, 0.717) is 76.6 Å². The Labute approximate surface area is 287 Å². The van der Waals surface area contributed by atoms with Crippen LogP contribution >= 0.6 is 23.8 Å². The highest BCUT2D eigenvalue weighted by Crippen LogP contribution is 2.41. The third kappa shape index (κ3) is 7.79. The van der Waals surface area contributed by atoms with E-state index in [1.807, 2.05) is 65.6 Å². The van der Waals surface area contributed by atoms with Gasteiger partial charge < -0.3 is 34.5 Å². The second-order valence-corrected chi connectivity index (χ2v) is 11.2. The van der Waals surface area contributed by atoms with Crippen LogP contribution in [0.15, 0.2) is 72.8 Å². The number of anilines is 5. The molecule has 3 aromatic carbocycles. The number of methoxy groups -OCH3 is 3. The number of halogens is 1. The predicted octanol–water partition coefficient (Wildman–Crippen LogP) is 6.06. The van der Waals surface area contributed by atoms with Crippen LogP contribution in [0.25, 0.3) is 22.5 Å². The van der Waals surface area contributed by atoms with E-state index in [9.17, 15) is 0 Å². The van der Waals surface area contributed by atoms with Crippen molar-refractivity contribution >= 4 is 58.4 Å². The van der Waals surface area contributed by atoms with Gasteiger partial charge in [-0.25, -0.2) is 9.97 Å². The Morgan fingerprint density at radius 2 is 1.35 bits per heavy atom. The predicted molar refractivity (Wildman–Crippen MR) is 190 cm³/mol. The second kappa shape index (κ2) is 15.1. The largest absolute Gasteiger partial charge is 0.493 e. The quantitative estimate of drug-likeness (QED) is 0.147. The lowest BCUT2D eigenvalue weighted by atomic mass is 10.1. The van der Waals surface area contributed by atoms with E-state index in [-0.39, 0.29) is 17.8 Å². The van der Waals surface area contributed by atoms with Crippen molar-refractivity contribution in [1.29, 1.82) is 0 Å². The molecule has 0 amide bonds. The van der Waals surface area contributed by atoms with E-state index < -0.39 is 0 Å². The second-order valence-electron chi connectivity index (χ2n) is 10.3. The first-order valence-electron chi connectivity index (χ1n) is 14.9. The summed E-state index contributed by atoms with van der Waals surface area (Å²) in [6.07, 6.45) is 0. The molecule has 0 radical (unpaired) electrons. The van der Waals surface area contributed by atoms with Gasteiger partial charge >= 0.3 is 0 Å². The Balaban J connectivity index is 1.40. The fourth-order valence-corrected chi connectivity index (χ4v) is 5.25. The summed E-state index contributed by atoms with van der Waals surface area (Å²) >= 11 is 11.8. The highest BCUT2D eigenvalue weighted by Gasteiger charge is 2.20. The van der Waals surface area contributed by atoms with E-state index in [0.717, 1.165) is 11.3 Å². The topological polar surface area (TPSA) is 141 Å². The Hall–Kier alpha value is -5.31. The maximum absolute atomic E-state index is 6.20. The van der Waals surface area contributed by atoms with E-state index >= 15 is 0 Å². The molecule has 1 saturated heterocycles. The van der Waals surface area contributed by atoms with Crippen molar-refractivity contribution in [1.82, 2.24) is 24.9 Å². The molecule has 3 heterocycles. The van der Waals surface area contributed by atoms with Gasteiger partial charge in [-0.05, 0) is 54.7 Å². The highest BCUT2D eigenvalue weighted by molar-refractivity contribution is 7.80. The zero-order valence-corrected chi connectivity index (χ0v) is 27.9. The third-order valence-corrected chi connectivity index (χ3v) is 7.68. The molecule has 0 aliphatic carbocycles. The lowest BCUT2D eigenvalue weighted by molar-refractivity contribution is 0.122. The van der Waals surface area contributed by atoms with Crippen LogP contribution in [0.5, 0.6) is 17.2 Å². The van der Waals surface area contributed by atoms with Crippen LogP contribution < -0.4 is 35.1 Å². The lowest BCUT2D eigenvalue weighted by Crippen LogP contribution is -2.37. The van der Waals surface area contributed by atoms with Crippen LogP contribution in [-0.4, -0.2) is 77.7 Å². The Kier molecular flexibility index (Phi) is 10.2. The van der Waals surface area contributed by atoms with Crippen LogP contribution in [0.3, 0.4) is 0 Å². The molecule has 15 heteroatoms. The first-order chi connectivity index (χ1) is 23.4. The maximum atomic E-state index is 6.20. The molecule has 5 aromatic rings. The average molecular weight is 686 g/mol. The zero-order valence-electron chi connectivity index (χ0n) is 26.4. The van der Waals surface area contributed by atoms with E-state index in [1.165, 1.54) is 0 Å². The number of benzene rings is 3. The smallest absolute Gasteiger partial charge is 0.236 e. The summed E-state index contributed by atoms with van der Waals surface area (Å²) in [6, 6.07) is 22.4. The first kappa shape index (κ1) is 32.6. The first-order valence-corrected chi connectivity index (χ1v) is 15.7. The zero-order chi connectivity index (χ0) is 33.5. The van der Waals surface area contributed by atoms with E-state index in [1.54, 1.807) is 33.5 Å².